The molecule has 0 saturated heterocycles. The van der Waals surface area contributed by atoms with Gasteiger partial charge in [-0.05, 0) is 12.1 Å². The molecule has 0 fully saturated rings. The summed E-state index contributed by atoms with van der Waals surface area (Å²) in [6.45, 7) is 3.63. The lowest BCUT2D eigenvalue weighted by atomic mass is 10.6. The van der Waals surface area contributed by atoms with Gasteiger partial charge in [-0.1, -0.05) is 26.7 Å². The van der Waals surface area contributed by atoms with Gasteiger partial charge in [0, 0.05) is 0 Å². The average molecular weight is 152 g/mol. The zero-order valence-corrected chi connectivity index (χ0v) is 7.08. The molecule has 0 aliphatic rings. The van der Waals surface area contributed by atoms with Crippen LogP contribution in [0.4, 0.5) is 8.22 Å². The molecule has 0 atom stereocenters. The highest BCUT2D eigenvalue weighted by Crippen LogP contribution is 2.21. The first-order valence-electron chi connectivity index (χ1n) is 3.50. The lowest BCUT2D eigenvalue weighted by Gasteiger charge is -2.08. The fraction of sp³-hybridized carbons (Fsp3) is 1.00. The van der Waals surface area contributed by atoms with Crippen LogP contribution in [-0.2, 0) is 0 Å². The van der Waals surface area contributed by atoms with E-state index in [4.69, 9.17) is 0 Å². The normalized spacial score (nSPS) is 12.0. The fourth-order valence-electron chi connectivity index (χ4n) is 0.857. The highest BCUT2D eigenvalue weighted by Gasteiger charge is 2.31. The van der Waals surface area contributed by atoms with E-state index in [-0.39, 0.29) is 12.1 Å². The summed E-state index contributed by atoms with van der Waals surface area (Å²) >= 11 is 0. The Morgan fingerprint density at radius 1 is 1.00 bits per heavy atom. The summed E-state index contributed by atoms with van der Waals surface area (Å²) in [5, 5.41) is 0. The van der Waals surface area contributed by atoms with Crippen LogP contribution in [0.3, 0.4) is 0 Å². The van der Waals surface area contributed by atoms with E-state index in [1.165, 1.54) is 0 Å². The summed E-state index contributed by atoms with van der Waals surface area (Å²) in [5.74, 6) is 0. The van der Waals surface area contributed by atoms with Gasteiger partial charge in [0.25, 0.3) is 0 Å². The Bertz CT molecular complexity index is 65.5. The summed E-state index contributed by atoms with van der Waals surface area (Å²) in [5.41, 5.74) is 0. The Labute approximate surface area is 56.6 Å². The average Bonchev–Trinajstić information content (AvgIpc) is 1.64. The van der Waals surface area contributed by atoms with Crippen molar-refractivity contribution in [3.05, 3.63) is 0 Å². The molecule has 56 valence electrons. The molecular formula is C6H14F2Si. The Morgan fingerprint density at radius 3 is 1.56 bits per heavy atom. The lowest BCUT2D eigenvalue weighted by Crippen LogP contribution is -2.20. The van der Waals surface area contributed by atoms with Crippen LogP contribution in [0.1, 0.15) is 26.7 Å². The zero-order valence-electron chi connectivity index (χ0n) is 6.08. The number of halogens is 2. The van der Waals surface area contributed by atoms with Gasteiger partial charge < -0.3 is 0 Å². The molecule has 0 saturated carbocycles. The van der Waals surface area contributed by atoms with E-state index in [1.807, 2.05) is 13.8 Å². The molecule has 0 unspecified atom stereocenters. The van der Waals surface area contributed by atoms with Crippen LogP contribution in [0.2, 0.25) is 12.1 Å². The maximum Gasteiger partial charge on any atom is 0.424 e. The molecule has 0 aromatic heterocycles. The van der Waals surface area contributed by atoms with E-state index in [0.29, 0.717) is 12.8 Å². The van der Waals surface area contributed by atoms with E-state index in [0.717, 1.165) is 0 Å². The van der Waals surface area contributed by atoms with Gasteiger partial charge in [0.15, 0.2) is 0 Å². The van der Waals surface area contributed by atoms with Crippen LogP contribution in [0, 0.1) is 0 Å². The van der Waals surface area contributed by atoms with Crippen molar-refractivity contribution in [1.29, 1.82) is 0 Å². The molecule has 9 heavy (non-hydrogen) atoms. The molecule has 0 N–H and O–H groups in total. The Kier molecular flexibility index (Phi) is 4.02. The molecular weight excluding hydrogens is 138 g/mol. The summed E-state index contributed by atoms with van der Waals surface area (Å²) in [6.07, 6.45) is 1.28. The Morgan fingerprint density at radius 2 is 1.33 bits per heavy atom. The first-order chi connectivity index (χ1) is 4.12. The van der Waals surface area contributed by atoms with E-state index in [1.54, 1.807) is 0 Å². The van der Waals surface area contributed by atoms with Crippen molar-refractivity contribution >= 4 is 8.74 Å². The van der Waals surface area contributed by atoms with Crippen LogP contribution < -0.4 is 0 Å². The van der Waals surface area contributed by atoms with Crippen LogP contribution in [0.15, 0.2) is 0 Å². The minimum absolute atomic E-state index is 0.181. The van der Waals surface area contributed by atoms with E-state index < -0.39 is 8.74 Å². The summed E-state index contributed by atoms with van der Waals surface area (Å²) in [6, 6.07) is 0.363. The predicted molar refractivity (Wildman–Crippen MR) is 38.2 cm³/mol. The molecule has 0 spiro atoms. The van der Waals surface area contributed by atoms with Gasteiger partial charge in [-0.25, -0.2) is 0 Å². The van der Waals surface area contributed by atoms with E-state index in [9.17, 15) is 8.22 Å². The standard InChI is InChI=1S/C6H14F2Si/c1-3-5-9(7,8)6-4-2/h3-6H2,1-2H3. The second-order valence-corrected chi connectivity index (χ2v) is 5.07. The largest absolute Gasteiger partial charge is 0.424 e. The van der Waals surface area contributed by atoms with Crippen LogP contribution >= 0.6 is 0 Å². The molecule has 0 aromatic rings. The lowest BCUT2D eigenvalue weighted by molar-refractivity contribution is 0.577. The monoisotopic (exact) mass is 152 g/mol. The van der Waals surface area contributed by atoms with Crippen molar-refractivity contribution in [1.82, 2.24) is 0 Å². The molecule has 0 aromatic carbocycles. The minimum atomic E-state index is -3.70. The van der Waals surface area contributed by atoms with E-state index in [2.05, 4.69) is 0 Å². The third kappa shape index (κ3) is 4.57. The highest BCUT2D eigenvalue weighted by atomic mass is 28.4. The van der Waals surface area contributed by atoms with Crippen LogP contribution in [-0.4, -0.2) is 8.74 Å². The predicted octanol–water partition coefficient (Wildman–Crippen LogP) is 3.19. The van der Waals surface area contributed by atoms with Crippen molar-refractivity contribution in [2.75, 3.05) is 0 Å². The summed E-state index contributed by atoms with van der Waals surface area (Å²) in [4.78, 5) is 0. The number of hydrogen-bond acceptors (Lipinski definition) is 0. The van der Waals surface area contributed by atoms with Crippen molar-refractivity contribution in [3.63, 3.8) is 0 Å². The topological polar surface area (TPSA) is 0 Å². The summed E-state index contributed by atoms with van der Waals surface area (Å²) in [7, 11) is -3.70. The minimum Gasteiger partial charge on any atom is -0.270 e. The zero-order chi connectivity index (χ0) is 7.33. The maximum atomic E-state index is 12.6. The van der Waals surface area contributed by atoms with Gasteiger partial charge in [0.05, 0.1) is 0 Å². The first-order valence-corrected chi connectivity index (χ1v) is 5.67. The highest BCUT2D eigenvalue weighted by molar-refractivity contribution is 6.66. The third-order valence-corrected chi connectivity index (χ3v) is 3.69. The van der Waals surface area contributed by atoms with Crippen molar-refractivity contribution in [2.45, 2.75) is 38.8 Å². The van der Waals surface area contributed by atoms with Gasteiger partial charge in [0.2, 0.25) is 0 Å². The second-order valence-electron chi connectivity index (χ2n) is 2.36. The first kappa shape index (κ1) is 9.08. The molecule has 0 bridgehead atoms. The number of hydrogen-bond donors (Lipinski definition) is 0. The fourth-order valence-corrected chi connectivity index (χ4v) is 2.57. The van der Waals surface area contributed by atoms with E-state index >= 15 is 0 Å². The van der Waals surface area contributed by atoms with Gasteiger partial charge in [-0.3, -0.25) is 8.22 Å². The molecule has 0 aliphatic carbocycles. The van der Waals surface area contributed by atoms with Crippen LogP contribution in [0.25, 0.3) is 0 Å². The molecule has 0 amide bonds. The van der Waals surface area contributed by atoms with Gasteiger partial charge >= 0.3 is 8.74 Å². The molecule has 0 rings (SSSR count). The molecule has 0 radical (unpaired) electrons. The third-order valence-electron chi connectivity index (χ3n) is 1.23. The SMILES string of the molecule is CCC[Si](F)(F)CCC. The maximum absolute atomic E-state index is 12.6. The van der Waals surface area contributed by atoms with Crippen molar-refractivity contribution in [2.24, 2.45) is 0 Å². The smallest absolute Gasteiger partial charge is 0.270 e. The van der Waals surface area contributed by atoms with Gasteiger partial charge in [-0.15, -0.1) is 0 Å². The molecule has 0 heterocycles. The van der Waals surface area contributed by atoms with Crippen molar-refractivity contribution in [3.8, 4) is 0 Å². The second kappa shape index (κ2) is 3.98. The van der Waals surface area contributed by atoms with Gasteiger partial charge in [0.1, 0.15) is 0 Å². The molecule has 0 nitrogen and oxygen atoms in total. The Balaban J connectivity index is 3.43. The summed E-state index contributed by atoms with van der Waals surface area (Å²) < 4.78 is 25.1. The Hall–Kier alpha value is 0.0769. The number of rotatable bonds is 4. The van der Waals surface area contributed by atoms with Gasteiger partial charge in [-0.2, -0.15) is 0 Å². The van der Waals surface area contributed by atoms with Crippen molar-refractivity contribution < 1.29 is 8.22 Å². The van der Waals surface area contributed by atoms with Crippen LogP contribution in [0.5, 0.6) is 0 Å². The molecule has 0 aliphatic heterocycles. The molecule has 3 heteroatoms. The quantitative estimate of drug-likeness (QED) is 0.428.